The second kappa shape index (κ2) is 6.16. The van der Waals surface area contributed by atoms with Crippen LogP contribution in [0.15, 0.2) is 18.2 Å². The van der Waals surface area contributed by atoms with Gasteiger partial charge in [-0.25, -0.2) is 0 Å². The summed E-state index contributed by atoms with van der Waals surface area (Å²) in [6.45, 7) is 7.39. The molecule has 0 saturated carbocycles. The molecule has 2 unspecified atom stereocenters. The summed E-state index contributed by atoms with van der Waals surface area (Å²) in [5.74, 6) is 0.137. The molecule has 0 spiro atoms. The first kappa shape index (κ1) is 14.5. The van der Waals surface area contributed by atoms with Crippen LogP contribution in [0.5, 0.6) is 0 Å². The summed E-state index contributed by atoms with van der Waals surface area (Å²) in [7, 11) is 0. The number of hydrogen-bond donors (Lipinski definition) is 1. The highest BCUT2D eigenvalue weighted by Gasteiger charge is 2.30. The maximum atomic E-state index is 12.8. The van der Waals surface area contributed by atoms with Crippen molar-refractivity contribution in [3.05, 3.63) is 34.9 Å². The number of morpholine rings is 1. The number of carbonyl (C=O) groups is 1. The van der Waals surface area contributed by atoms with Gasteiger partial charge in [-0.3, -0.25) is 4.79 Å². The second-order valence-corrected chi connectivity index (χ2v) is 6.18. The van der Waals surface area contributed by atoms with Crippen LogP contribution in [0, 0.1) is 0 Å². The van der Waals surface area contributed by atoms with Gasteiger partial charge < -0.3 is 15.0 Å². The first-order chi connectivity index (χ1) is 10.2. The van der Waals surface area contributed by atoms with E-state index in [1.807, 2.05) is 11.0 Å². The van der Waals surface area contributed by atoms with Gasteiger partial charge in [-0.2, -0.15) is 0 Å². The van der Waals surface area contributed by atoms with Gasteiger partial charge in [-0.15, -0.1) is 0 Å². The summed E-state index contributed by atoms with van der Waals surface area (Å²) in [6, 6.07) is 6.50. The third-order valence-corrected chi connectivity index (χ3v) is 4.50. The molecule has 2 heterocycles. The van der Waals surface area contributed by atoms with Crippen molar-refractivity contribution in [1.29, 1.82) is 0 Å². The van der Waals surface area contributed by atoms with Crippen LogP contribution in [0.4, 0.5) is 0 Å². The number of fused-ring (bicyclic) bond motifs is 1. The van der Waals surface area contributed by atoms with E-state index in [9.17, 15) is 4.79 Å². The fourth-order valence-corrected chi connectivity index (χ4v) is 3.36. The highest BCUT2D eigenvalue weighted by Crippen LogP contribution is 2.20. The molecule has 0 aromatic heterocycles. The summed E-state index contributed by atoms with van der Waals surface area (Å²) in [6.07, 6.45) is 2.05. The minimum atomic E-state index is 0.137. The van der Waals surface area contributed by atoms with Gasteiger partial charge in [-0.1, -0.05) is 6.07 Å². The first-order valence-corrected chi connectivity index (χ1v) is 7.89. The number of rotatable bonds is 1. The Labute approximate surface area is 126 Å². The predicted octanol–water partition coefficient (Wildman–Crippen LogP) is 1.62. The van der Waals surface area contributed by atoms with E-state index in [2.05, 4.69) is 31.3 Å². The zero-order valence-electron chi connectivity index (χ0n) is 12.9. The van der Waals surface area contributed by atoms with Crippen molar-refractivity contribution in [2.24, 2.45) is 0 Å². The lowest BCUT2D eigenvalue weighted by molar-refractivity contribution is -0.0249. The molecule has 0 bridgehead atoms. The van der Waals surface area contributed by atoms with E-state index >= 15 is 0 Å². The van der Waals surface area contributed by atoms with Crippen LogP contribution in [0.25, 0.3) is 0 Å². The molecule has 1 saturated heterocycles. The smallest absolute Gasteiger partial charge is 0.254 e. The van der Waals surface area contributed by atoms with Crippen molar-refractivity contribution >= 4 is 5.91 Å². The largest absolute Gasteiger partial charge is 0.377 e. The zero-order valence-corrected chi connectivity index (χ0v) is 12.9. The van der Waals surface area contributed by atoms with Gasteiger partial charge >= 0.3 is 0 Å². The lowest BCUT2D eigenvalue weighted by Gasteiger charge is -2.39. The van der Waals surface area contributed by atoms with Crippen LogP contribution in [0.3, 0.4) is 0 Å². The number of benzene rings is 1. The highest BCUT2D eigenvalue weighted by molar-refractivity contribution is 5.95. The molecular formula is C17H24N2O2. The molecule has 1 aromatic carbocycles. The number of carbonyl (C=O) groups excluding carboxylic acids is 1. The molecule has 1 N–H and O–H groups in total. The molecule has 3 rings (SSSR count). The van der Waals surface area contributed by atoms with E-state index in [0.717, 1.165) is 31.5 Å². The van der Waals surface area contributed by atoms with Gasteiger partial charge in [0.1, 0.15) is 0 Å². The van der Waals surface area contributed by atoms with Gasteiger partial charge in [0.05, 0.1) is 25.3 Å². The summed E-state index contributed by atoms with van der Waals surface area (Å²) >= 11 is 0. The van der Waals surface area contributed by atoms with Crippen molar-refractivity contribution in [1.82, 2.24) is 10.2 Å². The van der Waals surface area contributed by atoms with Crippen LogP contribution < -0.4 is 5.32 Å². The van der Waals surface area contributed by atoms with E-state index < -0.39 is 0 Å². The van der Waals surface area contributed by atoms with Crippen LogP contribution in [0.1, 0.15) is 35.3 Å². The highest BCUT2D eigenvalue weighted by atomic mass is 16.5. The normalized spacial score (nSPS) is 26.1. The molecule has 0 aliphatic carbocycles. The Bertz CT molecular complexity index is 520. The Morgan fingerprint density at radius 2 is 1.81 bits per heavy atom. The van der Waals surface area contributed by atoms with Crippen molar-refractivity contribution in [2.45, 2.75) is 38.8 Å². The molecular weight excluding hydrogens is 264 g/mol. The van der Waals surface area contributed by atoms with Crippen LogP contribution in [0.2, 0.25) is 0 Å². The molecule has 1 amide bonds. The first-order valence-electron chi connectivity index (χ1n) is 7.89. The number of amides is 1. The van der Waals surface area contributed by atoms with E-state index in [-0.39, 0.29) is 18.0 Å². The average Bonchev–Trinajstić information content (AvgIpc) is 2.71. The molecule has 4 heteroatoms. The molecule has 1 aromatic rings. The Balaban J connectivity index is 1.86. The third kappa shape index (κ3) is 2.97. The molecule has 2 aliphatic heterocycles. The minimum Gasteiger partial charge on any atom is -0.377 e. The van der Waals surface area contributed by atoms with Gasteiger partial charge in [0.15, 0.2) is 0 Å². The number of hydrogen-bond acceptors (Lipinski definition) is 3. The van der Waals surface area contributed by atoms with Gasteiger partial charge in [0, 0.05) is 5.56 Å². The van der Waals surface area contributed by atoms with E-state index in [4.69, 9.17) is 4.74 Å². The topological polar surface area (TPSA) is 41.6 Å². The number of ether oxygens (including phenoxy) is 1. The summed E-state index contributed by atoms with van der Waals surface area (Å²) in [5, 5.41) is 3.41. The maximum absolute atomic E-state index is 12.8. The molecule has 21 heavy (non-hydrogen) atoms. The van der Waals surface area contributed by atoms with Crippen molar-refractivity contribution in [3.63, 3.8) is 0 Å². The van der Waals surface area contributed by atoms with Crippen LogP contribution in [-0.4, -0.2) is 49.2 Å². The average molecular weight is 288 g/mol. The molecule has 2 atom stereocenters. The quantitative estimate of drug-likeness (QED) is 0.854. The van der Waals surface area contributed by atoms with Crippen molar-refractivity contribution < 1.29 is 9.53 Å². The monoisotopic (exact) mass is 288 g/mol. The van der Waals surface area contributed by atoms with E-state index in [1.54, 1.807) is 0 Å². The van der Waals surface area contributed by atoms with E-state index in [0.29, 0.717) is 13.2 Å². The SMILES string of the molecule is CC1COCC(C)N1C(=O)c1ccc2c(c1)CCNCC2. The van der Waals surface area contributed by atoms with Crippen molar-refractivity contribution in [3.8, 4) is 0 Å². The fourth-order valence-electron chi connectivity index (χ4n) is 3.36. The molecule has 4 nitrogen and oxygen atoms in total. The van der Waals surface area contributed by atoms with Gasteiger partial charge in [0.25, 0.3) is 5.91 Å². The summed E-state index contributed by atoms with van der Waals surface area (Å²) in [4.78, 5) is 14.8. The van der Waals surface area contributed by atoms with Crippen molar-refractivity contribution in [2.75, 3.05) is 26.3 Å². The lowest BCUT2D eigenvalue weighted by atomic mass is 9.99. The molecule has 1 fully saturated rings. The van der Waals surface area contributed by atoms with E-state index in [1.165, 1.54) is 11.1 Å². The molecule has 2 aliphatic rings. The minimum absolute atomic E-state index is 0.137. The summed E-state index contributed by atoms with van der Waals surface area (Å²) < 4.78 is 5.52. The zero-order chi connectivity index (χ0) is 14.8. The van der Waals surface area contributed by atoms with Gasteiger partial charge in [0.2, 0.25) is 0 Å². The maximum Gasteiger partial charge on any atom is 0.254 e. The summed E-state index contributed by atoms with van der Waals surface area (Å²) in [5.41, 5.74) is 3.51. The fraction of sp³-hybridized carbons (Fsp3) is 0.588. The predicted molar refractivity (Wildman–Crippen MR) is 82.6 cm³/mol. The second-order valence-electron chi connectivity index (χ2n) is 6.18. The number of nitrogens with one attached hydrogen (secondary N) is 1. The Morgan fingerprint density at radius 3 is 2.52 bits per heavy atom. The van der Waals surface area contributed by atoms with Gasteiger partial charge in [-0.05, 0) is 63.0 Å². The van der Waals surface area contributed by atoms with Crippen LogP contribution in [-0.2, 0) is 17.6 Å². The third-order valence-electron chi connectivity index (χ3n) is 4.50. The Kier molecular flexibility index (Phi) is 4.27. The lowest BCUT2D eigenvalue weighted by Crippen LogP contribution is -2.52. The standard InChI is InChI=1S/C17H24N2O2/c1-12-10-21-11-13(2)19(12)17(20)16-4-3-14-5-7-18-8-6-15(14)9-16/h3-4,9,12-13,18H,5-8,10-11H2,1-2H3. The molecule has 0 radical (unpaired) electrons. The number of nitrogens with zero attached hydrogens (tertiary/aromatic N) is 1. The van der Waals surface area contributed by atoms with Crippen LogP contribution >= 0.6 is 0 Å². The molecule has 114 valence electrons. The Hall–Kier alpha value is -1.39. The Morgan fingerprint density at radius 1 is 1.14 bits per heavy atom.